The summed E-state index contributed by atoms with van der Waals surface area (Å²) in [6.07, 6.45) is 5.39. The highest BCUT2D eigenvalue weighted by molar-refractivity contribution is 5.48. The van der Waals surface area contributed by atoms with Crippen LogP contribution in [0.3, 0.4) is 0 Å². The highest BCUT2D eigenvalue weighted by Crippen LogP contribution is 2.33. The molecule has 1 aromatic rings. The van der Waals surface area contributed by atoms with Crippen molar-refractivity contribution in [2.24, 2.45) is 17.6 Å². The van der Waals surface area contributed by atoms with Crippen molar-refractivity contribution in [3.63, 3.8) is 0 Å². The minimum Gasteiger partial charge on any atom is -0.370 e. The third-order valence-electron chi connectivity index (χ3n) is 4.75. The molecule has 2 nitrogen and oxygen atoms in total. The Kier molecular flexibility index (Phi) is 4.87. The Balaban J connectivity index is 2.08. The fourth-order valence-electron chi connectivity index (χ4n) is 3.38. The zero-order valence-electron chi connectivity index (χ0n) is 12.6. The summed E-state index contributed by atoms with van der Waals surface area (Å²) < 4.78 is 0. The molecule has 19 heavy (non-hydrogen) atoms. The fraction of sp³-hybridized carbons (Fsp3) is 0.647. The Morgan fingerprint density at radius 1 is 1.26 bits per heavy atom. The van der Waals surface area contributed by atoms with Gasteiger partial charge in [-0.15, -0.1) is 0 Å². The van der Waals surface area contributed by atoms with E-state index in [-0.39, 0.29) is 0 Å². The standard InChI is InChI=1S/C17H28N2/c1-13-7-9-15(10-8-13)17(12-18)19(3)16-6-4-5-14(2)11-16/h4-6,11,13,15,17H,7-10,12,18H2,1-3H3. The molecule has 2 N–H and O–H groups in total. The molecule has 1 aromatic carbocycles. The summed E-state index contributed by atoms with van der Waals surface area (Å²) in [5, 5.41) is 0. The maximum atomic E-state index is 6.07. The zero-order chi connectivity index (χ0) is 13.8. The first-order valence-corrected chi connectivity index (χ1v) is 7.61. The lowest BCUT2D eigenvalue weighted by atomic mass is 9.78. The predicted octanol–water partition coefficient (Wildman–Crippen LogP) is 3.58. The zero-order valence-corrected chi connectivity index (χ0v) is 12.6. The number of anilines is 1. The molecule has 1 aliphatic carbocycles. The van der Waals surface area contributed by atoms with E-state index >= 15 is 0 Å². The average Bonchev–Trinajstić information content (AvgIpc) is 2.41. The summed E-state index contributed by atoms with van der Waals surface area (Å²) >= 11 is 0. The Morgan fingerprint density at radius 3 is 2.53 bits per heavy atom. The largest absolute Gasteiger partial charge is 0.370 e. The first-order chi connectivity index (χ1) is 9.11. The molecular formula is C17H28N2. The smallest absolute Gasteiger partial charge is 0.0437 e. The summed E-state index contributed by atoms with van der Waals surface area (Å²) in [7, 11) is 2.20. The molecule has 1 unspecified atom stereocenters. The van der Waals surface area contributed by atoms with Crippen LogP contribution in [0.2, 0.25) is 0 Å². The molecule has 1 atom stereocenters. The van der Waals surface area contributed by atoms with Crippen LogP contribution in [0.25, 0.3) is 0 Å². The number of benzene rings is 1. The van der Waals surface area contributed by atoms with Gasteiger partial charge in [0.05, 0.1) is 0 Å². The fourth-order valence-corrected chi connectivity index (χ4v) is 3.38. The van der Waals surface area contributed by atoms with Gasteiger partial charge in [-0.25, -0.2) is 0 Å². The van der Waals surface area contributed by atoms with Gasteiger partial charge in [0.2, 0.25) is 0 Å². The molecule has 1 aliphatic rings. The number of rotatable bonds is 4. The second-order valence-corrected chi connectivity index (χ2v) is 6.27. The second kappa shape index (κ2) is 6.42. The van der Waals surface area contributed by atoms with Crippen molar-refractivity contribution in [1.82, 2.24) is 0 Å². The minimum atomic E-state index is 0.481. The van der Waals surface area contributed by atoms with E-state index in [9.17, 15) is 0 Å². The first kappa shape index (κ1) is 14.4. The Hall–Kier alpha value is -1.02. The lowest BCUT2D eigenvalue weighted by Crippen LogP contribution is -2.44. The number of likely N-dealkylation sites (N-methyl/N-ethyl adjacent to an activating group) is 1. The summed E-state index contributed by atoms with van der Waals surface area (Å²) in [6, 6.07) is 9.22. The molecule has 1 fully saturated rings. The van der Waals surface area contributed by atoms with Crippen molar-refractivity contribution in [1.29, 1.82) is 0 Å². The minimum absolute atomic E-state index is 0.481. The van der Waals surface area contributed by atoms with Crippen LogP contribution in [-0.2, 0) is 0 Å². The molecule has 0 aliphatic heterocycles. The lowest BCUT2D eigenvalue weighted by Gasteiger charge is -2.38. The molecule has 1 saturated carbocycles. The Morgan fingerprint density at radius 2 is 1.95 bits per heavy atom. The van der Waals surface area contributed by atoms with Gasteiger partial charge in [0, 0.05) is 25.3 Å². The monoisotopic (exact) mass is 260 g/mol. The summed E-state index contributed by atoms with van der Waals surface area (Å²) in [5.74, 6) is 1.66. The van der Waals surface area contributed by atoms with Gasteiger partial charge < -0.3 is 10.6 Å². The maximum absolute atomic E-state index is 6.07. The molecule has 106 valence electrons. The van der Waals surface area contributed by atoms with Gasteiger partial charge in [0.25, 0.3) is 0 Å². The van der Waals surface area contributed by atoms with Gasteiger partial charge in [-0.2, -0.15) is 0 Å². The van der Waals surface area contributed by atoms with E-state index in [4.69, 9.17) is 5.73 Å². The van der Waals surface area contributed by atoms with Crippen LogP contribution in [0.5, 0.6) is 0 Å². The second-order valence-electron chi connectivity index (χ2n) is 6.27. The van der Waals surface area contributed by atoms with Crippen molar-refractivity contribution in [3.05, 3.63) is 29.8 Å². The van der Waals surface area contributed by atoms with Crippen LogP contribution in [0.4, 0.5) is 5.69 Å². The van der Waals surface area contributed by atoms with Crippen molar-refractivity contribution in [3.8, 4) is 0 Å². The van der Waals surface area contributed by atoms with E-state index in [1.54, 1.807) is 0 Å². The van der Waals surface area contributed by atoms with E-state index in [2.05, 4.69) is 50.1 Å². The highest BCUT2D eigenvalue weighted by Gasteiger charge is 2.28. The molecule has 0 saturated heterocycles. The number of nitrogens with zero attached hydrogens (tertiary/aromatic N) is 1. The van der Waals surface area contributed by atoms with Gasteiger partial charge in [-0.05, 0) is 49.3 Å². The van der Waals surface area contributed by atoms with Gasteiger partial charge >= 0.3 is 0 Å². The van der Waals surface area contributed by atoms with Crippen molar-refractivity contribution < 1.29 is 0 Å². The van der Waals surface area contributed by atoms with Crippen molar-refractivity contribution in [2.75, 3.05) is 18.5 Å². The van der Waals surface area contributed by atoms with Crippen LogP contribution in [-0.4, -0.2) is 19.6 Å². The Bertz CT molecular complexity index is 394. The lowest BCUT2D eigenvalue weighted by molar-refractivity contribution is 0.253. The normalized spacial score (nSPS) is 25.1. The Labute approximate surface area is 118 Å². The summed E-state index contributed by atoms with van der Waals surface area (Å²) in [4.78, 5) is 2.40. The number of hydrogen-bond acceptors (Lipinski definition) is 2. The quantitative estimate of drug-likeness (QED) is 0.896. The van der Waals surface area contributed by atoms with E-state index in [1.807, 2.05) is 0 Å². The molecule has 0 spiro atoms. The first-order valence-electron chi connectivity index (χ1n) is 7.61. The number of nitrogens with two attached hydrogens (primary N) is 1. The van der Waals surface area contributed by atoms with E-state index in [1.165, 1.54) is 36.9 Å². The third-order valence-corrected chi connectivity index (χ3v) is 4.75. The van der Waals surface area contributed by atoms with E-state index in [0.29, 0.717) is 6.04 Å². The third kappa shape index (κ3) is 3.50. The van der Waals surface area contributed by atoms with E-state index < -0.39 is 0 Å². The number of hydrogen-bond donors (Lipinski definition) is 1. The van der Waals surface area contributed by atoms with E-state index in [0.717, 1.165) is 18.4 Å². The topological polar surface area (TPSA) is 29.3 Å². The van der Waals surface area contributed by atoms with Gasteiger partial charge in [-0.3, -0.25) is 0 Å². The van der Waals surface area contributed by atoms with Crippen LogP contribution in [0.1, 0.15) is 38.2 Å². The predicted molar refractivity (Wildman–Crippen MR) is 83.5 cm³/mol. The van der Waals surface area contributed by atoms with Crippen molar-refractivity contribution >= 4 is 5.69 Å². The molecule has 0 bridgehead atoms. The molecule has 0 heterocycles. The molecule has 0 aromatic heterocycles. The van der Waals surface area contributed by atoms with Crippen molar-refractivity contribution in [2.45, 2.75) is 45.6 Å². The van der Waals surface area contributed by atoms with Gasteiger partial charge in [-0.1, -0.05) is 31.9 Å². The SMILES string of the molecule is Cc1cccc(N(C)C(CN)C2CCC(C)CC2)c1. The van der Waals surface area contributed by atoms with Crippen LogP contribution >= 0.6 is 0 Å². The van der Waals surface area contributed by atoms with Crippen LogP contribution < -0.4 is 10.6 Å². The molecule has 2 rings (SSSR count). The maximum Gasteiger partial charge on any atom is 0.0437 e. The summed E-state index contributed by atoms with van der Waals surface area (Å²) in [5.41, 5.74) is 8.69. The number of aryl methyl sites for hydroxylation is 1. The summed E-state index contributed by atoms with van der Waals surface area (Å²) in [6.45, 7) is 5.28. The molecule has 2 heteroatoms. The van der Waals surface area contributed by atoms with Crippen LogP contribution in [0.15, 0.2) is 24.3 Å². The molecular weight excluding hydrogens is 232 g/mol. The highest BCUT2D eigenvalue weighted by atomic mass is 15.1. The van der Waals surface area contributed by atoms with Crippen LogP contribution in [0, 0.1) is 18.8 Å². The molecule has 0 radical (unpaired) electrons. The molecule has 0 amide bonds. The van der Waals surface area contributed by atoms with Gasteiger partial charge in [0.15, 0.2) is 0 Å². The van der Waals surface area contributed by atoms with Gasteiger partial charge in [0.1, 0.15) is 0 Å². The average molecular weight is 260 g/mol.